The Balaban J connectivity index is 2.29. The summed E-state index contributed by atoms with van der Waals surface area (Å²) >= 11 is 24.2. The molecular weight excluding hydrogens is 362 g/mol. The van der Waals surface area contributed by atoms with Crippen LogP contribution < -0.4 is 0 Å². The highest BCUT2D eigenvalue weighted by molar-refractivity contribution is 6.36. The van der Waals surface area contributed by atoms with Crippen LogP contribution in [0.4, 0.5) is 0 Å². The number of benzene rings is 2. The van der Waals surface area contributed by atoms with Gasteiger partial charge in [-0.2, -0.15) is 0 Å². The van der Waals surface area contributed by atoms with Gasteiger partial charge >= 0.3 is 0 Å². The highest BCUT2D eigenvalue weighted by atomic mass is 35.5. The minimum absolute atomic E-state index is 0.0356. The van der Waals surface area contributed by atoms with Gasteiger partial charge in [0.15, 0.2) is 0 Å². The molecule has 0 radical (unpaired) electrons. The predicted molar refractivity (Wildman–Crippen MR) is 94.8 cm³/mol. The first-order valence-electron chi connectivity index (χ1n) is 6.75. The average Bonchev–Trinajstić information content (AvgIpc) is 2.45. The van der Waals surface area contributed by atoms with E-state index in [2.05, 4.69) is 0 Å². The van der Waals surface area contributed by atoms with Gasteiger partial charge in [0.05, 0.1) is 0 Å². The Morgan fingerprint density at radius 1 is 0.773 bits per heavy atom. The van der Waals surface area contributed by atoms with Crippen molar-refractivity contribution >= 4 is 52.2 Å². The van der Waals surface area contributed by atoms with E-state index in [1.807, 2.05) is 13.8 Å². The van der Waals surface area contributed by atoms with E-state index < -0.39 is 0 Å². The Labute approximate surface area is 150 Å². The third kappa shape index (κ3) is 3.78. The van der Waals surface area contributed by atoms with Gasteiger partial charge in [0, 0.05) is 31.9 Å². The number of ketones is 1. The lowest BCUT2D eigenvalue weighted by atomic mass is 9.86. The third-order valence-corrected chi connectivity index (χ3v) is 4.84. The second-order valence-electron chi connectivity index (χ2n) is 5.18. The first-order valence-corrected chi connectivity index (χ1v) is 8.26. The van der Waals surface area contributed by atoms with Crippen LogP contribution in [0.3, 0.4) is 0 Å². The zero-order valence-electron chi connectivity index (χ0n) is 12.0. The summed E-state index contributed by atoms with van der Waals surface area (Å²) in [6.07, 6.45) is 0. The average molecular weight is 376 g/mol. The molecule has 0 saturated heterocycles. The lowest BCUT2D eigenvalue weighted by molar-refractivity contribution is -0.121. The molecule has 0 saturated carbocycles. The number of carbonyl (C=O) groups is 1. The SMILES string of the molecule is CC(C(=O)C(C)c1ccc(Cl)cc1Cl)c1ccc(Cl)cc1Cl. The molecule has 0 spiro atoms. The van der Waals surface area contributed by atoms with Gasteiger partial charge in [-0.3, -0.25) is 4.79 Å². The van der Waals surface area contributed by atoms with Crippen LogP contribution in [-0.4, -0.2) is 5.78 Å². The van der Waals surface area contributed by atoms with Crippen LogP contribution >= 0.6 is 46.4 Å². The number of rotatable bonds is 4. The van der Waals surface area contributed by atoms with Gasteiger partial charge in [-0.25, -0.2) is 0 Å². The van der Waals surface area contributed by atoms with Crippen molar-refractivity contribution in [2.75, 3.05) is 0 Å². The maximum atomic E-state index is 12.7. The monoisotopic (exact) mass is 374 g/mol. The van der Waals surface area contributed by atoms with E-state index in [0.717, 1.165) is 11.1 Å². The van der Waals surface area contributed by atoms with Gasteiger partial charge in [-0.15, -0.1) is 0 Å². The highest BCUT2D eigenvalue weighted by Crippen LogP contribution is 2.34. The maximum absolute atomic E-state index is 12.7. The van der Waals surface area contributed by atoms with Crippen molar-refractivity contribution in [3.8, 4) is 0 Å². The van der Waals surface area contributed by atoms with Crippen LogP contribution in [0.2, 0.25) is 20.1 Å². The summed E-state index contributed by atoms with van der Waals surface area (Å²) in [5.41, 5.74) is 1.51. The molecule has 0 aliphatic rings. The summed E-state index contributed by atoms with van der Waals surface area (Å²) < 4.78 is 0. The molecular formula is C17H14Cl4O. The molecule has 2 rings (SSSR count). The van der Waals surface area contributed by atoms with E-state index in [9.17, 15) is 4.79 Å². The number of Topliss-reactive ketones (excluding diaryl/α,β-unsaturated/α-hetero) is 1. The van der Waals surface area contributed by atoms with Crippen LogP contribution in [0.5, 0.6) is 0 Å². The predicted octanol–water partition coefficient (Wildman–Crippen LogP) is 6.78. The van der Waals surface area contributed by atoms with Crippen molar-refractivity contribution in [3.05, 3.63) is 67.6 Å². The molecule has 0 aliphatic carbocycles. The third-order valence-electron chi connectivity index (χ3n) is 3.71. The zero-order valence-corrected chi connectivity index (χ0v) is 15.1. The topological polar surface area (TPSA) is 17.1 Å². The molecule has 0 amide bonds. The Morgan fingerprint density at radius 2 is 1.14 bits per heavy atom. The molecule has 0 aromatic heterocycles. The molecule has 22 heavy (non-hydrogen) atoms. The van der Waals surface area contributed by atoms with Gasteiger partial charge in [0.25, 0.3) is 0 Å². The summed E-state index contributed by atoms with van der Waals surface area (Å²) in [7, 11) is 0. The Hall–Kier alpha value is -0.730. The second-order valence-corrected chi connectivity index (χ2v) is 6.86. The van der Waals surface area contributed by atoms with Gasteiger partial charge in [-0.05, 0) is 35.4 Å². The molecule has 2 unspecified atom stereocenters. The van der Waals surface area contributed by atoms with E-state index in [-0.39, 0.29) is 17.6 Å². The molecule has 0 N–H and O–H groups in total. The molecule has 0 aliphatic heterocycles. The molecule has 116 valence electrons. The summed E-state index contributed by atoms with van der Waals surface area (Å²) in [6.45, 7) is 3.66. The van der Waals surface area contributed by atoms with Crippen molar-refractivity contribution in [1.29, 1.82) is 0 Å². The Kier molecular flexibility index (Phi) is 5.79. The number of hydrogen-bond donors (Lipinski definition) is 0. The van der Waals surface area contributed by atoms with E-state index in [1.165, 1.54) is 0 Å². The molecule has 2 atom stereocenters. The van der Waals surface area contributed by atoms with E-state index >= 15 is 0 Å². The molecule has 0 bridgehead atoms. The number of halogens is 4. The van der Waals surface area contributed by atoms with Crippen molar-refractivity contribution in [2.45, 2.75) is 25.7 Å². The standard InChI is InChI=1S/C17H14Cl4O/c1-9(13-5-3-11(18)7-15(13)20)17(22)10(2)14-6-4-12(19)8-16(14)21/h3-10H,1-2H3. The van der Waals surface area contributed by atoms with E-state index in [0.29, 0.717) is 20.1 Å². The minimum Gasteiger partial charge on any atom is -0.298 e. The lowest BCUT2D eigenvalue weighted by Gasteiger charge is -2.19. The fraction of sp³-hybridized carbons (Fsp3) is 0.235. The molecule has 0 heterocycles. The second kappa shape index (κ2) is 7.23. The molecule has 5 heteroatoms. The number of hydrogen-bond acceptors (Lipinski definition) is 1. The van der Waals surface area contributed by atoms with E-state index in [4.69, 9.17) is 46.4 Å². The van der Waals surface area contributed by atoms with Crippen LogP contribution in [0.15, 0.2) is 36.4 Å². The van der Waals surface area contributed by atoms with Gasteiger partial charge < -0.3 is 0 Å². The molecule has 0 fully saturated rings. The van der Waals surface area contributed by atoms with E-state index in [1.54, 1.807) is 36.4 Å². The highest BCUT2D eigenvalue weighted by Gasteiger charge is 2.25. The summed E-state index contributed by atoms with van der Waals surface area (Å²) in [6, 6.07) is 10.3. The largest absolute Gasteiger partial charge is 0.298 e. The van der Waals surface area contributed by atoms with Crippen LogP contribution in [0, 0.1) is 0 Å². The quantitative estimate of drug-likeness (QED) is 0.575. The lowest BCUT2D eigenvalue weighted by Crippen LogP contribution is -2.17. The van der Waals surface area contributed by atoms with Gasteiger partial charge in [0.1, 0.15) is 5.78 Å². The van der Waals surface area contributed by atoms with Crippen LogP contribution in [0.1, 0.15) is 36.8 Å². The zero-order chi connectivity index (χ0) is 16.4. The van der Waals surface area contributed by atoms with Crippen molar-refractivity contribution < 1.29 is 4.79 Å². The maximum Gasteiger partial charge on any atom is 0.147 e. The molecule has 2 aromatic carbocycles. The Bertz CT molecular complexity index is 652. The summed E-state index contributed by atoms with van der Waals surface area (Å²) in [5.74, 6) is -0.675. The first-order chi connectivity index (χ1) is 10.3. The smallest absolute Gasteiger partial charge is 0.147 e. The van der Waals surface area contributed by atoms with Crippen molar-refractivity contribution in [2.24, 2.45) is 0 Å². The summed E-state index contributed by atoms with van der Waals surface area (Å²) in [5, 5.41) is 2.06. The van der Waals surface area contributed by atoms with Gasteiger partial charge in [-0.1, -0.05) is 72.4 Å². The molecule has 1 nitrogen and oxygen atoms in total. The minimum atomic E-state index is -0.355. The van der Waals surface area contributed by atoms with Crippen LogP contribution in [-0.2, 0) is 4.79 Å². The summed E-state index contributed by atoms with van der Waals surface area (Å²) in [4.78, 5) is 12.7. The normalized spacial score (nSPS) is 13.7. The molecule has 2 aromatic rings. The fourth-order valence-corrected chi connectivity index (χ4v) is 3.53. The van der Waals surface area contributed by atoms with Crippen LogP contribution in [0.25, 0.3) is 0 Å². The number of carbonyl (C=O) groups excluding carboxylic acids is 1. The van der Waals surface area contributed by atoms with Crippen molar-refractivity contribution in [1.82, 2.24) is 0 Å². The van der Waals surface area contributed by atoms with Gasteiger partial charge in [0.2, 0.25) is 0 Å². The first kappa shape index (κ1) is 17.6. The fourth-order valence-electron chi connectivity index (χ4n) is 2.39. The Morgan fingerprint density at radius 3 is 1.45 bits per heavy atom. The van der Waals surface area contributed by atoms with Crippen molar-refractivity contribution in [3.63, 3.8) is 0 Å².